The molecule has 1 saturated heterocycles. The Morgan fingerprint density at radius 3 is 2.35 bits per heavy atom. The predicted octanol–water partition coefficient (Wildman–Crippen LogP) is 1.57. The maximum absolute atomic E-state index is 12.5. The lowest BCUT2D eigenvalue weighted by molar-refractivity contribution is -0.132. The van der Waals surface area contributed by atoms with Gasteiger partial charge in [0.1, 0.15) is 5.75 Å². The van der Waals surface area contributed by atoms with E-state index in [9.17, 15) is 13.2 Å². The topological polar surface area (TPSA) is 66.9 Å². The van der Waals surface area contributed by atoms with Gasteiger partial charge in [-0.15, -0.1) is 0 Å². The van der Waals surface area contributed by atoms with Gasteiger partial charge < -0.3 is 9.64 Å². The summed E-state index contributed by atoms with van der Waals surface area (Å²) in [6.45, 7) is 3.44. The molecule has 0 radical (unpaired) electrons. The van der Waals surface area contributed by atoms with Crippen molar-refractivity contribution < 1.29 is 17.9 Å². The molecule has 0 aromatic heterocycles. The highest BCUT2D eigenvalue weighted by molar-refractivity contribution is 7.89. The smallest absolute Gasteiger partial charge is 0.243 e. The molecule has 1 aliphatic rings. The van der Waals surface area contributed by atoms with Crippen LogP contribution in [0, 0.1) is 5.92 Å². The van der Waals surface area contributed by atoms with Crippen molar-refractivity contribution in [3.63, 3.8) is 0 Å². The highest BCUT2D eigenvalue weighted by Gasteiger charge is 2.26. The number of ether oxygens (including phenoxy) is 1. The number of likely N-dealkylation sites (N-methyl/N-ethyl adjacent to an activating group) is 1. The fourth-order valence-corrected chi connectivity index (χ4v) is 3.68. The first kappa shape index (κ1) is 17.7. The zero-order chi connectivity index (χ0) is 17.0. The number of hydrogen-bond donors (Lipinski definition) is 0. The molecular formula is C16H24N2O4S. The summed E-state index contributed by atoms with van der Waals surface area (Å²) in [5.41, 5.74) is 0. The van der Waals surface area contributed by atoms with Crippen molar-refractivity contribution >= 4 is 15.9 Å². The molecule has 1 fully saturated rings. The van der Waals surface area contributed by atoms with Gasteiger partial charge >= 0.3 is 0 Å². The fraction of sp³-hybridized carbons (Fsp3) is 0.562. The number of benzene rings is 1. The molecule has 0 saturated carbocycles. The van der Waals surface area contributed by atoms with E-state index >= 15 is 0 Å². The summed E-state index contributed by atoms with van der Waals surface area (Å²) in [6, 6.07) is 6.15. The largest absolute Gasteiger partial charge is 0.497 e. The van der Waals surface area contributed by atoms with Crippen LogP contribution in [0.1, 0.15) is 19.8 Å². The standard InChI is InChI=1S/C16H24N2O4S/c1-13-8-10-18(11-9-13)16(19)12-17(2)23(20,21)15-6-4-14(22-3)5-7-15/h4-7,13H,8-12H2,1-3H3. The zero-order valence-corrected chi connectivity index (χ0v) is 14.7. The maximum atomic E-state index is 12.5. The van der Waals surface area contributed by atoms with E-state index in [4.69, 9.17) is 4.74 Å². The Kier molecular flexibility index (Phi) is 5.64. The number of nitrogens with zero attached hydrogens (tertiary/aromatic N) is 2. The minimum atomic E-state index is -3.68. The zero-order valence-electron chi connectivity index (χ0n) is 13.9. The molecule has 0 spiro atoms. The lowest BCUT2D eigenvalue weighted by Gasteiger charge is -2.31. The molecule has 0 aliphatic carbocycles. The van der Waals surface area contributed by atoms with Gasteiger partial charge in [-0.05, 0) is 43.0 Å². The Balaban J connectivity index is 2.03. The van der Waals surface area contributed by atoms with Crippen molar-refractivity contribution in [3.8, 4) is 5.75 Å². The van der Waals surface area contributed by atoms with E-state index in [0.29, 0.717) is 24.8 Å². The molecule has 1 amide bonds. The second-order valence-corrected chi connectivity index (χ2v) is 8.04. The lowest BCUT2D eigenvalue weighted by Crippen LogP contribution is -2.44. The van der Waals surface area contributed by atoms with Crippen LogP contribution >= 0.6 is 0 Å². The van der Waals surface area contributed by atoms with Crippen molar-refractivity contribution in [2.24, 2.45) is 5.92 Å². The molecule has 0 atom stereocenters. The molecule has 1 aromatic rings. The number of likely N-dealkylation sites (tertiary alicyclic amines) is 1. The van der Waals surface area contributed by atoms with Gasteiger partial charge in [0.05, 0.1) is 18.6 Å². The molecule has 0 N–H and O–H groups in total. The van der Waals surface area contributed by atoms with Gasteiger partial charge in [0, 0.05) is 20.1 Å². The van der Waals surface area contributed by atoms with Crippen molar-refractivity contribution in [2.75, 3.05) is 33.8 Å². The summed E-state index contributed by atoms with van der Waals surface area (Å²) < 4.78 is 31.2. The molecule has 23 heavy (non-hydrogen) atoms. The summed E-state index contributed by atoms with van der Waals surface area (Å²) in [4.78, 5) is 14.2. The van der Waals surface area contributed by atoms with Gasteiger partial charge in [0.15, 0.2) is 0 Å². The number of methoxy groups -OCH3 is 1. The molecule has 0 bridgehead atoms. The Morgan fingerprint density at radius 1 is 1.26 bits per heavy atom. The minimum Gasteiger partial charge on any atom is -0.497 e. The van der Waals surface area contributed by atoms with Crippen LogP contribution < -0.4 is 4.74 Å². The normalized spacial score (nSPS) is 16.6. The average molecular weight is 340 g/mol. The van der Waals surface area contributed by atoms with E-state index in [2.05, 4.69) is 6.92 Å². The Morgan fingerprint density at radius 2 is 1.83 bits per heavy atom. The van der Waals surface area contributed by atoms with Crippen molar-refractivity contribution in [2.45, 2.75) is 24.7 Å². The van der Waals surface area contributed by atoms with Crippen LogP contribution in [0.3, 0.4) is 0 Å². The van der Waals surface area contributed by atoms with Gasteiger partial charge in [-0.1, -0.05) is 6.92 Å². The summed E-state index contributed by atoms with van der Waals surface area (Å²) in [5, 5.41) is 0. The van der Waals surface area contributed by atoms with Gasteiger partial charge in [-0.25, -0.2) is 8.42 Å². The lowest BCUT2D eigenvalue weighted by atomic mass is 9.99. The number of hydrogen-bond acceptors (Lipinski definition) is 4. The maximum Gasteiger partial charge on any atom is 0.243 e. The van der Waals surface area contributed by atoms with E-state index < -0.39 is 10.0 Å². The Bertz CT molecular complexity index is 635. The fourth-order valence-electron chi connectivity index (χ4n) is 2.56. The van der Waals surface area contributed by atoms with Crippen LogP contribution in [0.2, 0.25) is 0 Å². The molecule has 2 rings (SSSR count). The van der Waals surface area contributed by atoms with Crippen LogP contribution in [-0.4, -0.2) is 57.3 Å². The molecule has 1 aliphatic heterocycles. The van der Waals surface area contributed by atoms with Crippen molar-refractivity contribution in [1.29, 1.82) is 0 Å². The third-order valence-electron chi connectivity index (χ3n) is 4.26. The third kappa shape index (κ3) is 4.23. The Hall–Kier alpha value is -1.60. The first-order chi connectivity index (χ1) is 10.8. The predicted molar refractivity (Wildman–Crippen MR) is 87.8 cm³/mol. The molecule has 1 heterocycles. The first-order valence-corrected chi connectivity index (χ1v) is 9.16. The number of piperidine rings is 1. The van der Waals surface area contributed by atoms with E-state index in [1.165, 1.54) is 26.3 Å². The minimum absolute atomic E-state index is 0.136. The molecule has 7 heteroatoms. The third-order valence-corrected chi connectivity index (χ3v) is 6.08. The van der Waals surface area contributed by atoms with Crippen LogP contribution in [0.25, 0.3) is 0 Å². The van der Waals surface area contributed by atoms with Crippen LogP contribution in [-0.2, 0) is 14.8 Å². The van der Waals surface area contributed by atoms with Crippen LogP contribution in [0.15, 0.2) is 29.2 Å². The summed E-state index contributed by atoms with van der Waals surface area (Å²) in [6.07, 6.45) is 1.95. The van der Waals surface area contributed by atoms with Crippen molar-refractivity contribution in [1.82, 2.24) is 9.21 Å². The van der Waals surface area contributed by atoms with Gasteiger partial charge in [-0.3, -0.25) is 4.79 Å². The van der Waals surface area contributed by atoms with E-state index in [1.807, 2.05) is 0 Å². The first-order valence-electron chi connectivity index (χ1n) is 7.72. The average Bonchev–Trinajstić information content (AvgIpc) is 2.55. The summed E-state index contributed by atoms with van der Waals surface area (Å²) in [7, 11) is -0.722. The molecule has 1 aromatic carbocycles. The second-order valence-electron chi connectivity index (χ2n) is 6.00. The monoisotopic (exact) mass is 340 g/mol. The second kappa shape index (κ2) is 7.31. The van der Waals surface area contributed by atoms with Gasteiger partial charge in [0.25, 0.3) is 0 Å². The van der Waals surface area contributed by atoms with Gasteiger partial charge in [0.2, 0.25) is 15.9 Å². The quantitative estimate of drug-likeness (QED) is 0.816. The highest BCUT2D eigenvalue weighted by Crippen LogP contribution is 2.20. The molecule has 0 unspecified atom stereocenters. The van der Waals surface area contributed by atoms with Gasteiger partial charge in [-0.2, -0.15) is 4.31 Å². The van der Waals surface area contributed by atoms with E-state index in [1.54, 1.807) is 17.0 Å². The number of sulfonamides is 1. The molecule has 6 nitrogen and oxygen atoms in total. The van der Waals surface area contributed by atoms with Crippen molar-refractivity contribution in [3.05, 3.63) is 24.3 Å². The number of carbonyl (C=O) groups is 1. The Labute approximate surface area is 138 Å². The highest BCUT2D eigenvalue weighted by atomic mass is 32.2. The van der Waals surface area contributed by atoms with E-state index in [-0.39, 0.29) is 17.3 Å². The SMILES string of the molecule is COc1ccc(S(=O)(=O)N(C)CC(=O)N2CCC(C)CC2)cc1. The molecule has 128 valence electrons. The summed E-state index contributed by atoms with van der Waals surface area (Å²) >= 11 is 0. The number of rotatable bonds is 5. The summed E-state index contributed by atoms with van der Waals surface area (Å²) in [5.74, 6) is 1.07. The van der Waals surface area contributed by atoms with Crippen LogP contribution in [0.5, 0.6) is 5.75 Å². The number of carbonyl (C=O) groups excluding carboxylic acids is 1. The van der Waals surface area contributed by atoms with E-state index in [0.717, 1.165) is 17.1 Å². The molecular weight excluding hydrogens is 316 g/mol. The number of amides is 1. The van der Waals surface area contributed by atoms with Crippen LogP contribution in [0.4, 0.5) is 0 Å².